The highest BCUT2D eigenvalue weighted by molar-refractivity contribution is 5.90. The standard InChI is InChI=1S/C13H15FN2O5/c1-7-13(2,3-4-21-7)15-10-5-8(12(17)18)9(14)6-11(10)16(19)20/h5-7,15H,3-4H2,1-2H3,(H,17,18). The average Bonchev–Trinajstić information content (AvgIpc) is 2.70. The third-order valence-corrected chi connectivity index (χ3v) is 3.82. The summed E-state index contributed by atoms with van der Waals surface area (Å²) in [6, 6.07) is 1.57. The van der Waals surface area contributed by atoms with Crippen LogP contribution in [0.15, 0.2) is 12.1 Å². The van der Waals surface area contributed by atoms with E-state index < -0.39 is 33.5 Å². The number of ether oxygens (including phenoxy) is 1. The van der Waals surface area contributed by atoms with Gasteiger partial charge in [0.1, 0.15) is 11.5 Å². The zero-order valence-electron chi connectivity index (χ0n) is 11.6. The summed E-state index contributed by atoms with van der Waals surface area (Å²) in [5.41, 5.74) is -1.73. The number of nitrogens with one attached hydrogen (secondary N) is 1. The molecule has 1 aliphatic heterocycles. The van der Waals surface area contributed by atoms with Gasteiger partial charge in [-0.15, -0.1) is 0 Å². The van der Waals surface area contributed by atoms with Gasteiger partial charge in [-0.2, -0.15) is 0 Å². The van der Waals surface area contributed by atoms with Crippen LogP contribution in [-0.2, 0) is 4.74 Å². The van der Waals surface area contributed by atoms with Crippen molar-refractivity contribution in [3.8, 4) is 0 Å². The van der Waals surface area contributed by atoms with Gasteiger partial charge in [0.15, 0.2) is 0 Å². The summed E-state index contributed by atoms with van der Waals surface area (Å²) in [6.07, 6.45) is 0.390. The number of nitro groups is 1. The number of carbonyl (C=O) groups is 1. The number of rotatable bonds is 4. The molecule has 2 unspecified atom stereocenters. The highest BCUT2D eigenvalue weighted by Gasteiger charge is 2.38. The molecule has 0 saturated carbocycles. The molecular formula is C13H15FN2O5. The summed E-state index contributed by atoms with van der Waals surface area (Å²) >= 11 is 0. The first-order valence-corrected chi connectivity index (χ1v) is 6.35. The molecule has 1 aliphatic rings. The summed E-state index contributed by atoms with van der Waals surface area (Å²) < 4.78 is 19.0. The minimum Gasteiger partial charge on any atom is -0.478 e. The van der Waals surface area contributed by atoms with E-state index in [2.05, 4.69) is 5.32 Å². The number of hydrogen-bond acceptors (Lipinski definition) is 5. The number of hydrogen-bond donors (Lipinski definition) is 2. The topological polar surface area (TPSA) is 102 Å². The first-order valence-electron chi connectivity index (χ1n) is 6.35. The van der Waals surface area contributed by atoms with E-state index in [-0.39, 0.29) is 11.8 Å². The number of nitro benzene ring substituents is 1. The Morgan fingerprint density at radius 1 is 1.62 bits per heavy atom. The van der Waals surface area contributed by atoms with Gasteiger partial charge in [-0.05, 0) is 26.3 Å². The highest BCUT2D eigenvalue weighted by atomic mass is 19.1. The molecule has 1 aromatic carbocycles. The fourth-order valence-electron chi connectivity index (χ4n) is 2.28. The van der Waals surface area contributed by atoms with Gasteiger partial charge < -0.3 is 15.2 Å². The maximum atomic E-state index is 13.6. The second-order valence-corrected chi connectivity index (χ2v) is 5.22. The Morgan fingerprint density at radius 3 is 2.76 bits per heavy atom. The van der Waals surface area contributed by atoms with Crippen LogP contribution in [0, 0.1) is 15.9 Å². The second-order valence-electron chi connectivity index (χ2n) is 5.22. The van der Waals surface area contributed by atoms with Crippen LogP contribution >= 0.6 is 0 Å². The first kappa shape index (κ1) is 15.2. The third kappa shape index (κ3) is 2.80. The van der Waals surface area contributed by atoms with Crippen LogP contribution in [0.4, 0.5) is 15.8 Å². The summed E-state index contributed by atoms with van der Waals surface area (Å²) in [7, 11) is 0. The van der Waals surface area contributed by atoms with Gasteiger partial charge in [-0.25, -0.2) is 9.18 Å². The van der Waals surface area contributed by atoms with Crippen molar-refractivity contribution in [2.45, 2.75) is 31.9 Å². The Labute approximate surface area is 119 Å². The molecule has 0 spiro atoms. The number of carboxylic acids is 1. The number of anilines is 1. The van der Waals surface area contributed by atoms with Crippen LogP contribution in [0.1, 0.15) is 30.6 Å². The van der Waals surface area contributed by atoms with Crippen LogP contribution in [0.5, 0.6) is 0 Å². The van der Waals surface area contributed by atoms with Gasteiger partial charge in [-0.1, -0.05) is 0 Å². The van der Waals surface area contributed by atoms with Gasteiger partial charge in [-0.3, -0.25) is 10.1 Å². The Hall–Kier alpha value is -2.22. The van der Waals surface area contributed by atoms with E-state index in [9.17, 15) is 19.3 Å². The molecule has 0 amide bonds. The average molecular weight is 298 g/mol. The highest BCUT2D eigenvalue weighted by Crippen LogP contribution is 2.35. The molecule has 1 aromatic rings. The van der Waals surface area contributed by atoms with E-state index in [4.69, 9.17) is 9.84 Å². The molecule has 2 atom stereocenters. The predicted octanol–water partition coefficient (Wildman–Crippen LogP) is 2.41. The summed E-state index contributed by atoms with van der Waals surface area (Å²) in [5, 5.41) is 22.9. The van der Waals surface area contributed by atoms with Crippen LogP contribution in [0.2, 0.25) is 0 Å². The molecule has 0 aliphatic carbocycles. The van der Waals surface area contributed by atoms with E-state index in [0.717, 1.165) is 6.07 Å². The number of nitrogens with zero attached hydrogens (tertiary/aromatic N) is 1. The molecule has 21 heavy (non-hydrogen) atoms. The molecule has 0 radical (unpaired) electrons. The Bertz CT molecular complexity index is 606. The quantitative estimate of drug-likeness (QED) is 0.653. The third-order valence-electron chi connectivity index (χ3n) is 3.82. The van der Waals surface area contributed by atoms with Crippen LogP contribution in [0.3, 0.4) is 0 Å². The molecule has 114 valence electrons. The van der Waals surface area contributed by atoms with Gasteiger partial charge in [0.25, 0.3) is 5.69 Å². The lowest BCUT2D eigenvalue weighted by Crippen LogP contribution is -2.41. The predicted molar refractivity (Wildman–Crippen MR) is 72.1 cm³/mol. The molecule has 2 rings (SSSR count). The molecule has 0 bridgehead atoms. The Morgan fingerprint density at radius 2 is 2.29 bits per heavy atom. The molecule has 0 aromatic heterocycles. The fourth-order valence-corrected chi connectivity index (χ4v) is 2.28. The second kappa shape index (κ2) is 5.28. The van der Waals surface area contributed by atoms with Crippen molar-refractivity contribution in [3.05, 3.63) is 33.6 Å². The Kier molecular flexibility index (Phi) is 3.82. The molecule has 1 saturated heterocycles. The number of benzene rings is 1. The van der Waals surface area contributed by atoms with Crippen molar-refractivity contribution in [1.29, 1.82) is 0 Å². The minimum absolute atomic E-state index is 0.0290. The van der Waals surface area contributed by atoms with Crippen molar-refractivity contribution in [2.24, 2.45) is 0 Å². The van der Waals surface area contributed by atoms with E-state index in [1.807, 2.05) is 13.8 Å². The zero-order chi connectivity index (χ0) is 15.8. The summed E-state index contributed by atoms with van der Waals surface area (Å²) in [5.74, 6) is -2.62. The number of aromatic carboxylic acids is 1. The molecular weight excluding hydrogens is 283 g/mol. The summed E-state index contributed by atoms with van der Waals surface area (Å²) in [6.45, 7) is 4.12. The van der Waals surface area contributed by atoms with E-state index >= 15 is 0 Å². The van der Waals surface area contributed by atoms with Crippen LogP contribution in [-0.4, -0.2) is 34.2 Å². The molecule has 8 heteroatoms. The number of carboxylic acid groups (broad SMARTS) is 1. The van der Waals surface area contributed by atoms with Crippen molar-refractivity contribution in [2.75, 3.05) is 11.9 Å². The molecule has 7 nitrogen and oxygen atoms in total. The summed E-state index contributed by atoms with van der Waals surface area (Å²) in [4.78, 5) is 21.3. The zero-order valence-corrected chi connectivity index (χ0v) is 11.6. The maximum absolute atomic E-state index is 13.6. The fraction of sp³-hybridized carbons (Fsp3) is 0.462. The molecule has 1 heterocycles. The first-order chi connectivity index (χ1) is 9.74. The van der Waals surface area contributed by atoms with Crippen LogP contribution < -0.4 is 5.32 Å². The Balaban J connectivity index is 2.48. The van der Waals surface area contributed by atoms with Crippen molar-refractivity contribution >= 4 is 17.3 Å². The maximum Gasteiger partial charge on any atom is 0.338 e. The van der Waals surface area contributed by atoms with Gasteiger partial charge in [0, 0.05) is 6.61 Å². The number of halogens is 1. The monoisotopic (exact) mass is 298 g/mol. The van der Waals surface area contributed by atoms with E-state index in [1.54, 1.807) is 0 Å². The lowest BCUT2D eigenvalue weighted by molar-refractivity contribution is -0.384. The molecule has 2 N–H and O–H groups in total. The molecule has 1 fully saturated rings. The van der Waals surface area contributed by atoms with E-state index in [1.165, 1.54) is 0 Å². The van der Waals surface area contributed by atoms with Crippen molar-refractivity contribution in [3.63, 3.8) is 0 Å². The lowest BCUT2D eigenvalue weighted by Gasteiger charge is -2.30. The minimum atomic E-state index is -1.48. The van der Waals surface area contributed by atoms with Gasteiger partial charge >= 0.3 is 5.97 Å². The lowest BCUT2D eigenvalue weighted by atomic mass is 9.94. The van der Waals surface area contributed by atoms with Gasteiger partial charge in [0.2, 0.25) is 0 Å². The smallest absolute Gasteiger partial charge is 0.338 e. The van der Waals surface area contributed by atoms with Crippen molar-refractivity contribution < 1.29 is 24.0 Å². The van der Waals surface area contributed by atoms with E-state index in [0.29, 0.717) is 19.1 Å². The van der Waals surface area contributed by atoms with Crippen LogP contribution in [0.25, 0.3) is 0 Å². The van der Waals surface area contributed by atoms with Gasteiger partial charge in [0.05, 0.1) is 28.2 Å². The largest absolute Gasteiger partial charge is 0.478 e. The normalized spacial score (nSPS) is 24.8. The van der Waals surface area contributed by atoms with Crippen molar-refractivity contribution in [1.82, 2.24) is 0 Å². The SMILES string of the molecule is CC1OCCC1(C)Nc1cc(C(=O)O)c(F)cc1[N+](=O)[O-].